The van der Waals surface area contributed by atoms with Gasteiger partial charge in [0.15, 0.2) is 23.0 Å². The fourth-order valence-electron chi connectivity index (χ4n) is 5.25. The molecule has 0 spiro atoms. The summed E-state index contributed by atoms with van der Waals surface area (Å²) in [6.07, 6.45) is 1.85. The van der Waals surface area contributed by atoms with Crippen LogP contribution in [0, 0.1) is 19.4 Å². The van der Waals surface area contributed by atoms with Crippen molar-refractivity contribution in [3.05, 3.63) is 171 Å². The smallest absolute Gasteiger partial charge is 0.151 e. The van der Waals surface area contributed by atoms with E-state index < -0.39 is 0 Å². The zero-order valence-corrected chi connectivity index (χ0v) is 26.2. The fraction of sp³-hybridized carbons (Fsp3) is 0. The van der Waals surface area contributed by atoms with Crippen LogP contribution in [0.2, 0.25) is 0 Å². The molecule has 2 aliphatic heterocycles. The van der Waals surface area contributed by atoms with E-state index in [9.17, 15) is 0 Å². The minimum absolute atomic E-state index is 0.611. The number of ether oxygens (including phenoxy) is 2. The van der Waals surface area contributed by atoms with E-state index >= 15 is 0 Å². The Morgan fingerprint density at radius 3 is 1.20 bits per heavy atom. The van der Waals surface area contributed by atoms with Gasteiger partial charge in [-0.1, -0.05) is 66.4 Å². The van der Waals surface area contributed by atoms with Gasteiger partial charge in [-0.05, 0) is 48.5 Å². The predicted molar refractivity (Wildman–Crippen MR) is 171 cm³/mol. The molecule has 2 aliphatic rings. The number of para-hydroxylation sites is 8. The van der Waals surface area contributed by atoms with Crippen LogP contribution in [-0.2, 0) is 22.1 Å². The van der Waals surface area contributed by atoms with Crippen LogP contribution in [0.1, 0.15) is 5.56 Å². The normalized spacial score (nSPS) is 11.8. The molecule has 6 aromatic rings. The van der Waals surface area contributed by atoms with E-state index in [-0.39, 0.29) is 0 Å². The molecule has 0 amide bonds. The number of benzene rings is 6. The molecule has 0 aromatic heterocycles. The Balaban J connectivity index is 0.000000148. The first-order valence-corrected chi connectivity index (χ1v) is 15.0. The molecule has 218 valence electrons. The number of hydrogen-bond acceptors (Lipinski definition) is 5. The van der Waals surface area contributed by atoms with Gasteiger partial charge in [0.05, 0.1) is 22.7 Å². The molecular weight excluding hydrogens is 723 g/mol. The zero-order chi connectivity index (χ0) is 30.3. The third kappa shape index (κ3) is 5.73. The predicted octanol–water partition coefficient (Wildman–Crippen LogP) is 10.6. The average Bonchev–Trinajstić information content (AvgIpc) is 3.11. The van der Waals surface area contributed by atoms with E-state index in [1.807, 2.05) is 91.3 Å². The molecule has 6 heteroatoms. The van der Waals surface area contributed by atoms with E-state index in [1.54, 1.807) is 0 Å². The summed E-state index contributed by atoms with van der Waals surface area (Å²) in [5.74, 6) is 3.49. The third-order valence-electron chi connectivity index (χ3n) is 7.21. The van der Waals surface area contributed by atoms with Gasteiger partial charge in [-0.2, -0.15) is 30.3 Å². The molecule has 0 bridgehead atoms. The molecule has 0 N–H and O–H groups in total. The molecule has 0 atom stereocenters. The fourth-order valence-corrected chi connectivity index (χ4v) is 5.25. The van der Waals surface area contributed by atoms with E-state index in [0.29, 0.717) is 18.6 Å². The summed E-state index contributed by atoms with van der Waals surface area (Å²) in [6, 6.07) is 51.7. The number of fused-ring (bicyclic) bond motifs is 4. The summed E-state index contributed by atoms with van der Waals surface area (Å²) in [4.78, 5) is 4.43. The third-order valence-corrected chi connectivity index (χ3v) is 7.21. The largest absolute Gasteiger partial charge is 0.453 e. The van der Waals surface area contributed by atoms with Crippen LogP contribution in [0.15, 0.2) is 146 Å². The quantitative estimate of drug-likeness (QED) is 0.168. The Hall–Kier alpha value is -5.17. The molecule has 0 unspecified atom stereocenters. The molecule has 0 radical (unpaired) electrons. The van der Waals surface area contributed by atoms with Gasteiger partial charge < -0.3 is 32.6 Å². The van der Waals surface area contributed by atoms with Gasteiger partial charge in [-0.3, -0.25) is 0 Å². The van der Waals surface area contributed by atoms with Gasteiger partial charge in [-0.25, -0.2) is 5.56 Å². The van der Waals surface area contributed by atoms with Gasteiger partial charge in [-0.15, -0.1) is 12.1 Å². The van der Waals surface area contributed by atoms with Crippen LogP contribution in [0.25, 0.3) is 0 Å². The molecule has 2 heterocycles. The van der Waals surface area contributed by atoms with Crippen LogP contribution >= 0.6 is 0 Å². The first-order chi connectivity index (χ1) is 21.8. The maximum absolute atomic E-state index is 8.28. The summed E-state index contributed by atoms with van der Waals surface area (Å²) in [7, 11) is 0. The molecule has 0 saturated heterocycles. The molecular formula is C38H27N2O3Os-3. The summed E-state index contributed by atoms with van der Waals surface area (Å²) in [5, 5.41) is 0. The molecule has 6 aromatic carbocycles. The molecule has 8 rings (SSSR count). The SMILES string of the molecule is [CH2-][CH-]c1ccc(N2c3ccccc3Oc3ccccc32)cc1.[O]=[Os].[c-]1ccc(N2c3ccccc3Oc3ccccc32)cc1. The number of hydrogen-bond donors (Lipinski definition) is 0. The monoisotopic (exact) mass is 751 g/mol. The van der Waals surface area contributed by atoms with Crippen molar-refractivity contribution in [1.82, 2.24) is 0 Å². The maximum Gasteiger partial charge on any atom is 0.151 e. The van der Waals surface area contributed by atoms with Crippen molar-refractivity contribution in [2.45, 2.75) is 0 Å². The van der Waals surface area contributed by atoms with Crippen LogP contribution in [0.3, 0.4) is 0 Å². The zero-order valence-electron chi connectivity index (χ0n) is 23.6. The van der Waals surface area contributed by atoms with Crippen molar-refractivity contribution in [3.8, 4) is 23.0 Å². The van der Waals surface area contributed by atoms with Crippen LogP contribution < -0.4 is 19.3 Å². The molecule has 0 saturated carbocycles. The van der Waals surface area contributed by atoms with E-state index in [1.165, 1.54) is 0 Å². The molecule has 44 heavy (non-hydrogen) atoms. The van der Waals surface area contributed by atoms with Crippen LogP contribution in [-0.4, -0.2) is 0 Å². The Kier molecular flexibility index (Phi) is 8.82. The summed E-state index contributed by atoms with van der Waals surface area (Å²) >= 11 is 0.611. The Bertz CT molecular complexity index is 1770. The number of nitrogens with zero attached hydrogens (tertiary/aromatic N) is 2. The van der Waals surface area contributed by atoms with Crippen LogP contribution in [0.5, 0.6) is 23.0 Å². The average molecular weight is 750 g/mol. The number of rotatable bonds is 3. The first kappa shape index (κ1) is 28.9. The topological polar surface area (TPSA) is 42.0 Å². The Labute approximate surface area is 268 Å². The van der Waals surface area contributed by atoms with Crippen molar-refractivity contribution in [2.75, 3.05) is 9.80 Å². The summed E-state index contributed by atoms with van der Waals surface area (Å²) in [6.45, 7) is 3.81. The van der Waals surface area contributed by atoms with E-state index in [2.05, 4.69) is 83.5 Å². The molecule has 0 fully saturated rings. The first-order valence-electron chi connectivity index (χ1n) is 14.0. The minimum Gasteiger partial charge on any atom is -0.453 e. The molecule has 0 aliphatic carbocycles. The van der Waals surface area contributed by atoms with Crippen molar-refractivity contribution in [2.24, 2.45) is 0 Å². The van der Waals surface area contributed by atoms with Crippen molar-refractivity contribution >= 4 is 34.1 Å². The summed E-state index contributed by atoms with van der Waals surface area (Å²) in [5.41, 5.74) is 7.52. The standard InChI is InChI=1S/C20H15NO.C18H12NO.O.Os/c1-2-15-11-13-16(14-12-15)21-17-7-3-5-9-19(17)22-20-10-6-4-8-18(20)21;1-2-8-14(9-3-1)19-15-10-4-6-12-17(15)20-18-13-7-5-11-16(18)19;;/h2-14H,1H2;2-13H;;/q-2;-1;;. The Morgan fingerprint density at radius 1 is 0.500 bits per heavy atom. The van der Waals surface area contributed by atoms with E-state index in [0.717, 1.165) is 62.7 Å². The van der Waals surface area contributed by atoms with Gasteiger partial charge in [0.25, 0.3) is 0 Å². The second-order valence-electron chi connectivity index (χ2n) is 9.80. The second kappa shape index (κ2) is 13.4. The van der Waals surface area contributed by atoms with Crippen molar-refractivity contribution < 1.29 is 31.6 Å². The van der Waals surface area contributed by atoms with Gasteiger partial charge in [0.1, 0.15) is 0 Å². The number of anilines is 6. The van der Waals surface area contributed by atoms with Crippen molar-refractivity contribution in [3.63, 3.8) is 0 Å². The second-order valence-corrected chi connectivity index (χ2v) is 9.80. The minimum atomic E-state index is 0.611. The van der Waals surface area contributed by atoms with E-state index in [4.69, 9.17) is 13.0 Å². The van der Waals surface area contributed by atoms with Gasteiger partial charge in [0, 0.05) is 5.69 Å². The molecule has 5 nitrogen and oxygen atoms in total. The summed E-state index contributed by atoms with van der Waals surface area (Å²) < 4.78 is 20.3. The van der Waals surface area contributed by atoms with Crippen LogP contribution in [0.4, 0.5) is 34.1 Å². The van der Waals surface area contributed by atoms with Gasteiger partial charge in [0.2, 0.25) is 0 Å². The van der Waals surface area contributed by atoms with Crippen molar-refractivity contribution in [1.29, 1.82) is 0 Å². The Morgan fingerprint density at radius 2 is 0.841 bits per heavy atom. The van der Waals surface area contributed by atoms with Gasteiger partial charge >= 0.3 is 22.1 Å². The maximum atomic E-state index is 8.28.